The first-order chi connectivity index (χ1) is 12.5. The zero-order chi connectivity index (χ0) is 18.7. The average molecular weight is 369 g/mol. The van der Waals surface area contributed by atoms with Crippen molar-refractivity contribution in [1.82, 2.24) is 9.97 Å². The van der Waals surface area contributed by atoms with E-state index in [0.717, 1.165) is 24.2 Å². The Bertz CT molecular complexity index is 954. The molecule has 0 aliphatic rings. The van der Waals surface area contributed by atoms with Gasteiger partial charge in [-0.1, -0.05) is 29.8 Å². The van der Waals surface area contributed by atoms with Gasteiger partial charge in [0.05, 0.1) is 11.0 Å². The molecule has 6 heteroatoms. The minimum absolute atomic E-state index is 0.296. The molecule has 26 heavy (non-hydrogen) atoms. The summed E-state index contributed by atoms with van der Waals surface area (Å²) >= 11 is 6.16. The molecule has 0 saturated heterocycles. The third-order valence-electron chi connectivity index (χ3n) is 4.35. The first kappa shape index (κ1) is 18.1. The van der Waals surface area contributed by atoms with Crippen LogP contribution in [0.25, 0.3) is 11.0 Å². The van der Waals surface area contributed by atoms with Crippen LogP contribution in [0, 0.1) is 6.92 Å². The zero-order valence-corrected chi connectivity index (χ0v) is 15.8. The van der Waals surface area contributed by atoms with Crippen LogP contribution in [0.2, 0.25) is 5.02 Å². The molecule has 0 fully saturated rings. The molecule has 0 unspecified atom stereocenters. The Labute approximate surface area is 158 Å². The number of nitrogens with one attached hydrogen (secondary N) is 1. The number of hydrogen-bond acceptors (Lipinski definition) is 4. The van der Waals surface area contributed by atoms with Crippen molar-refractivity contribution in [2.24, 2.45) is 0 Å². The van der Waals surface area contributed by atoms with E-state index in [4.69, 9.17) is 16.6 Å². The van der Waals surface area contributed by atoms with Crippen molar-refractivity contribution in [2.75, 3.05) is 23.3 Å². The van der Waals surface area contributed by atoms with Gasteiger partial charge in [-0.25, -0.2) is 9.97 Å². The summed E-state index contributed by atoms with van der Waals surface area (Å²) in [7, 11) is 0. The van der Waals surface area contributed by atoms with Crippen molar-refractivity contribution in [3.63, 3.8) is 0 Å². The summed E-state index contributed by atoms with van der Waals surface area (Å²) in [5.74, 6) is 0.293. The molecule has 0 radical (unpaired) electrons. The molecule has 5 nitrogen and oxygen atoms in total. The lowest BCUT2D eigenvalue weighted by molar-refractivity contribution is 0.102. The second-order valence-corrected chi connectivity index (χ2v) is 6.33. The highest BCUT2D eigenvalue weighted by atomic mass is 35.5. The number of anilines is 2. The zero-order valence-electron chi connectivity index (χ0n) is 15.1. The Kier molecular flexibility index (Phi) is 5.38. The van der Waals surface area contributed by atoms with Crippen LogP contribution in [0.5, 0.6) is 0 Å². The predicted octanol–water partition coefficient (Wildman–Crippen LogP) is 4.69. The molecule has 1 aromatic heterocycles. The summed E-state index contributed by atoms with van der Waals surface area (Å²) in [5, 5.41) is 3.53. The minimum Gasteiger partial charge on any atom is -0.355 e. The van der Waals surface area contributed by atoms with Gasteiger partial charge in [0.2, 0.25) is 0 Å². The van der Waals surface area contributed by atoms with Gasteiger partial charge < -0.3 is 10.2 Å². The predicted molar refractivity (Wildman–Crippen MR) is 107 cm³/mol. The van der Waals surface area contributed by atoms with E-state index >= 15 is 0 Å². The molecule has 0 bridgehead atoms. The lowest BCUT2D eigenvalue weighted by atomic mass is 10.2. The lowest BCUT2D eigenvalue weighted by Crippen LogP contribution is -2.28. The largest absolute Gasteiger partial charge is 0.355 e. The smallest absolute Gasteiger partial charge is 0.278 e. The van der Waals surface area contributed by atoms with Crippen molar-refractivity contribution in [2.45, 2.75) is 20.8 Å². The van der Waals surface area contributed by atoms with E-state index in [1.165, 1.54) is 0 Å². The molecular formula is C20H21ClN4O. The van der Waals surface area contributed by atoms with Crippen molar-refractivity contribution in [3.8, 4) is 0 Å². The Morgan fingerprint density at radius 3 is 2.35 bits per heavy atom. The van der Waals surface area contributed by atoms with E-state index in [1.54, 1.807) is 6.07 Å². The number of aromatic nitrogens is 2. The highest BCUT2D eigenvalue weighted by molar-refractivity contribution is 6.31. The number of para-hydroxylation sites is 2. The fraction of sp³-hybridized carbons (Fsp3) is 0.250. The quantitative estimate of drug-likeness (QED) is 0.709. The standard InChI is InChI=1S/C20H21ClN4O/c1-4-25(5-2)19-18(22-16-10-6-7-11-17(16)23-19)20(26)24-15-12-8-9-14(21)13(15)3/h6-12H,4-5H2,1-3H3,(H,24,26). The maximum Gasteiger partial charge on any atom is 0.278 e. The first-order valence-electron chi connectivity index (χ1n) is 8.63. The van der Waals surface area contributed by atoms with Crippen molar-refractivity contribution in [1.29, 1.82) is 0 Å². The first-order valence-corrected chi connectivity index (χ1v) is 9.01. The summed E-state index contributed by atoms with van der Waals surface area (Å²) < 4.78 is 0. The van der Waals surface area contributed by atoms with Gasteiger partial charge in [-0.2, -0.15) is 0 Å². The molecule has 1 N–H and O–H groups in total. The van der Waals surface area contributed by atoms with E-state index in [2.05, 4.69) is 10.3 Å². The maximum absolute atomic E-state index is 13.0. The molecule has 0 aliphatic carbocycles. The van der Waals surface area contributed by atoms with Crippen LogP contribution >= 0.6 is 11.6 Å². The number of rotatable bonds is 5. The van der Waals surface area contributed by atoms with Gasteiger partial charge in [-0.05, 0) is 50.6 Å². The fourth-order valence-corrected chi connectivity index (χ4v) is 2.99. The van der Waals surface area contributed by atoms with E-state index in [1.807, 2.05) is 62.1 Å². The van der Waals surface area contributed by atoms with Crippen LogP contribution in [-0.4, -0.2) is 29.0 Å². The molecule has 0 aliphatic heterocycles. The van der Waals surface area contributed by atoms with Crippen LogP contribution in [0.1, 0.15) is 29.9 Å². The minimum atomic E-state index is -0.296. The van der Waals surface area contributed by atoms with Gasteiger partial charge in [0.15, 0.2) is 11.5 Å². The Morgan fingerprint density at radius 1 is 1.04 bits per heavy atom. The van der Waals surface area contributed by atoms with Crippen molar-refractivity contribution < 1.29 is 4.79 Å². The van der Waals surface area contributed by atoms with Gasteiger partial charge in [0.1, 0.15) is 0 Å². The van der Waals surface area contributed by atoms with Crippen LogP contribution in [0.15, 0.2) is 42.5 Å². The maximum atomic E-state index is 13.0. The Hall–Kier alpha value is -2.66. The van der Waals surface area contributed by atoms with Gasteiger partial charge in [0.25, 0.3) is 5.91 Å². The summed E-state index contributed by atoms with van der Waals surface area (Å²) in [6, 6.07) is 13.0. The second-order valence-electron chi connectivity index (χ2n) is 5.92. The summed E-state index contributed by atoms with van der Waals surface area (Å²) in [4.78, 5) is 24.3. The molecule has 1 heterocycles. The Balaban J connectivity index is 2.08. The van der Waals surface area contributed by atoms with E-state index < -0.39 is 0 Å². The average Bonchev–Trinajstić information content (AvgIpc) is 2.66. The molecule has 3 rings (SSSR count). The summed E-state index contributed by atoms with van der Waals surface area (Å²) in [6.45, 7) is 7.40. The van der Waals surface area contributed by atoms with Gasteiger partial charge in [0, 0.05) is 23.8 Å². The molecular weight excluding hydrogens is 348 g/mol. The normalized spacial score (nSPS) is 10.8. The highest BCUT2D eigenvalue weighted by Gasteiger charge is 2.20. The number of carbonyl (C=O) groups excluding carboxylic acids is 1. The molecule has 0 atom stereocenters. The fourth-order valence-electron chi connectivity index (χ4n) is 2.81. The number of nitrogens with zero attached hydrogens (tertiary/aromatic N) is 3. The van der Waals surface area contributed by atoms with Crippen molar-refractivity contribution in [3.05, 3.63) is 58.7 Å². The van der Waals surface area contributed by atoms with Crippen LogP contribution in [-0.2, 0) is 0 Å². The van der Waals surface area contributed by atoms with Gasteiger partial charge >= 0.3 is 0 Å². The molecule has 2 aromatic carbocycles. The highest BCUT2D eigenvalue weighted by Crippen LogP contribution is 2.25. The lowest BCUT2D eigenvalue weighted by Gasteiger charge is -2.22. The van der Waals surface area contributed by atoms with Gasteiger partial charge in [-0.15, -0.1) is 0 Å². The number of fused-ring (bicyclic) bond motifs is 1. The molecule has 3 aromatic rings. The number of halogens is 1. The van der Waals surface area contributed by atoms with E-state index in [9.17, 15) is 4.79 Å². The summed E-state index contributed by atoms with van der Waals surface area (Å²) in [5.41, 5.74) is 3.26. The SMILES string of the molecule is CCN(CC)c1nc2ccccc2nc1C(=O)Nc1cccc(Cl)c1C. The van der Waals surface area contributed by atoms with Crippen LogP contribution in [0.3, 0.4) is 0 Å². The number of amides is 1. The molecule has 0 saturated carbocycles. The number of benzene rings is 2. The van der Waals surface area contributed by atoms with E-state index in [-0.39, 0.29) is 5.91 Å². The molecule has 1 amide bonds. The van der Waals surface area contributed by atoms with Gasteiger partial charge in [-0.3, -0.25) is 4.79 Å². The Morgan fingerprint density at radius 2 is 1.69 bits per heavy atom. The molecule has 134 valence electrons. The van der Waals surface area contributed by atoms with E-state index in [0.29, 0.717) is 27.7 Å². The topological polar surface area (TPSA) is 58.1 Å². The second kappa shape index (κ2) is 7.70. The third kappa shape index (κ3) is 3.48. The van der Waals surface area contributed by atoms with Crippen LogP contribution in [0.4, 0.5) is 11.5 Å². The number of hydrogen-bond donors (Lipinski definition) is 1. The number of carbonyl (C=O) groups is 1. The van der Waals surface area contributed by atoms with Crippen LogP contribution < -0.4 is 10.2 Å². The van der Waals surface area contributed by atoms with Crippen molar-refractivity contribution >= 4 is 40.0 Å². The molecule has 0 spiro atoms. The third-order valence-corrected chi connectivity index (χ3v) is 4.76. The monoisotopic (exact) mass is 368 g/mol. The summed E-state index contributed by atoms with van der Waals surface area (Å²) in [6.07, 6.45) is 0.